The third kappa shape index (κ3) is 4.66. The molecule has 3 fully saturated rings. The summed E-state index contributed by atoms with van der Waals surface area (Å²) in [6.07, 6.45) is 3.58. The van der Waals surface area contributed by atoms with Gasteiger partial charge in [0.05, 0.1) is 24.9 Å². The van der Waals surface area contributed by atoms with Crippen molar-refractivity contribution in [1.82, 2.24) is 25.6 Å². The molecule has 1 unspecified atom stereocenters. The smallest absolute Gasteiger partial charge is 0.230 e. The van der Waals surface area contributed by atoms with E-state index in [2.05, 4.69) is 49.6 Å². The molecule has 0 amide bonds. The van der Waals surface area contributed by atoms with Crippen molar-refractivity contribution in [3.8, 4) is 0 Å². The molecule has 1 atom stereocenters. The minimum Gasteiger partial charge on any atom is -0.376 e. The van der Waals surface area contributed by atoms with Crippen molar-refractivity contribution in [1.29, 1.82) is 0 Å². The zero-order valence-electron chi connectivity index (χ0n) is 16.3. The quantitative estimate of drug-likeness (QED) is 0.670. The molecule has 3 saturated heterocycles. The zero-order valence-corrected chi connectivity index (χ0v) is 16.3. The Balaban J connectivity index is 1.34. The normalized spacial score (nSPS) is 27.5. The van der Waals surface area contributed by atoms with Crippen molar-refractivity contribution in [3.05, 3.63) is 6.33 Å². The number of piperidine rings is 1. The molecule has 4 rings (SSSR count). The molecule has 9 nitrogen and oxygen atoms in total. The van der Waals surface area contributed by atoms with Gasteiger partial charge in [-0.05, 0) is 39.8 Å². The number of anilines is 2. The number of nitrogens with zero attached hydrogens (tertiary/aromatic N) is 4. The Morgan fingerprint density at radius 2 is 2.11 bits per heavy atom. The fraction of sp³-hybridized carbons (Fsp3) is 0.833. The van der Waals surface area contributed by atoms with Gasteiger partial charge in [-0.25, -0.2) is 9.97 Å². The molecule has 0 aromatic carbocycles. The molecule has 0 aliphatic carbocycles. The molecule has 9 heteroatoms. The first-order valence-corrected chi connectivity index (χ1v) is 9.93. The molecule has 3 aliphatic heterocycles. The number of aromatic nitrogens is 3. The lowest BCUT2D eigenvalue weighted by Gasteiger charge is -2.43. The lowest BCUT2D eigenvalue weighted by Crippen LogP contribution is -2.57. The number of nitrogens with one attached hydrogen (secondary N) is 3. The van der Waals surface area contributed by atoms with Gasteiger partial charge in [-0.3, -0.25) is 0 Å². The van der Waals surface area contributed by atoms with Gasteiger partial charge < -0.3 is 30.3 Å². The first-order chi connectivity index (χ1) is 13.0. The van der Waals surface area contributed by atoms with E-state index in [4.69, 9.17) is 9.47 Å². The van der Waals surface area contributed by atoms with Gasteiger partial charge in [0.1, 0.15) is 6.33 Å². The SMILES string of the molecule is CC1(C)CN(c2ncnc(NCC3COCC4(CCNCC4)O3)n2)CCN1. The topological polar surface area (TPSA) is 96.5 Å². The second-order valence-corrected chi connectivity index (χ2v) is 8.41. The summed E-state index contributed by atoms with van der Waals surface area (Å²) in [5.41, 5.74) is -0.0819. The fourth-order valence-corrected chi connectivity index (χ4v) is 4.09. The third-order valence-corrected chi connectivity index (χ3v) is 5.50. The maximum atomic E-state index is 6.39. The summed E-state index contributed by atoms with van der Waals surface area (Å²) in [4.78, 5) is 15.5. The molecule has 1 aromatic rings. The van der Waals surface area contributed by atoms with Crippen LogP contribution in [0.15, 0.2) is 6.33 Å². The van der Waals surface area contributed by atoms with E-state index >= 15 is 0 Å². The monoisotopic (exact) mass is 377 g/mol. The van der Waals surface area contributed by atoms with Crippen LogP contribution in [0.2, 0.25) is 0 Å². The lowest BCUT2D eigenvalue weighted by atomic mass is 9.92. The minimum absolute atomic E-state index is 0.00943. The van der Waals surface area contributed by atoms with Gasteiger partial charge in [0, 0.05) is 31.7 Å². The van der Waals surface area contributed by atoms with Crippen LogP contribution in [0.1, 0.15) is 26.7 Å². The Morgan fingerprint density at radius 3 is 2.93 bits per heavy atom. The number of hydrogen-bond acceptors (Lipinski definition) is 9. The summed E-state index contributed by atoms with van der Waals surface area (Å²) in [5, 5.41) is 10.2. The van der Waals surface area contributed by atoms with Crippen LogP contribution in [-0.4, -0.2) is 84.7 Å². The fourth-order valence-electron chi connectivity index (χ4n) is 4.09. The highest BCUT2D eigenvalue weighted by atomic mass is 16.6. The Hall–Kier alpha value is -1.55. The second kappa shape index (κ2) is 7.83. The van der Waals surface area contributed by atoms with Gasteiger partial charge in [-0.15, -0.1) is 0 Å². The Kier molecular flexibility index (Phi) is 5.45. The van der Waals surface area contributed by atoms with E-state index in [1.54, 1.807) is 6.33 Å². The Labute approximate surface area is 160 Å². The van der Waals surface area contributed by atoms with Crippen molar-refractivity contribution < 1.29 is 9.47 Å². The van der Waals surface area contributed by atoms with Crippen molar-refractivity contribution in [3.63, 3.8) is 0 Å². The van der Waals surface area contributed by atoms with Gasteiger partial charge in [0.25, 0.3) is 0 Å². The van der Waals surface area contributed by atoms with E-state index in [-0.39, 0.29) is 17.2 Å². The van der Waals surface area contributed by atoms with Crippen molar-refractivity contribution in [2.24, 2.45) is 0 Å². The largest absolute Gasteiger partial charge is 0.376 e. The molecular formula is C18H31N7O2. The molecule has 3 N–H and O–H groups in total. The highest BCUT2D eigenvalue weighted by Crippen LogP contribution is 2.28. The highest BCUT2D eigenvalue weighted by molar-refractivity contribution is 5.37. The van der Waals surface area contributed by atoms with E-state index < -0.39 is 0 Å². The summed E-state index contributed by atoms with van der Waals surface area (Å²) in [5.74, 6) is 1.31. The van der Waals surface area contributed by atoms with Gasteiger partial charge in [-0.1, -0.05) is 0 Å². The molecule has 4 heterocycles. The van der Waals surface area contributed by atoms with E-state index in [9.17, 15) is 0 Å². The van der Waals surface area contributed by atoms with Crippen LogP contribution in [0.5, 0.6) is 0 Å². The average Bonchev–Trinajstić information content (AvgIpc) is 2.67. The molecule has 1 spiro atoms. The third-order valence-electron chi connectivity index (χ3n) is 5.50. The van der Waals surface area contributed by atoms with E-state index in [1.165, 1.54) is 0 Å². The number of piperazine rings is 1. The molecule has 0 radical (unpaired) electrons. The van der Waals surface area contributed by atoms with Crippen LogP contribution in [0.3, 0.4) is 0 Å². The molecule has 0 bridgehead atoms. The predicted molar refractivity (Wildman–Crippen MR) is 103 cm³/mol. The summed E-state index contributed by atoms with van der Waals surface area (Å²) >= 11 is 0. The minimum atomic E-state index is -0.132. The van der Waals surface area contributed by atoms with Crippen LogP contribution >= 0.6 is 0 Å². The van der Waals surface area contributed by atoms with Gasteiger partial charge in [0.15, 0.2) is 0 Å². The molecule has 1 aromatic heterocycles. The summed E-state index contributed by atoms with van der Waals surface area (Å²) < 4.78 is 12.2. The van der Waals surface area contributed by atoms with E-state index in [0.29, 0.717) is 25.7 Å². The standard InChI is InChI=1S/C18H31N7O2/c1-17(2)11-25(8-7-23-17)16-22-13-21-15(24-16)20-9-14-10-26-12-18(27-14)3-5-19-6-4-18/h13-14,19,23H,3-12H2,1-2H3,(H,20,21,22,24). The average molecular weight is 377 g/mol. The molecular weight excluding hydrogens is 346 g/mol. The van der Waals surface area contributed by atoms with Crippen LogP contribution in [0.4, 0.5) is 11.9 Å². The predicted octanol–water partition coefficient (Wildman–Crippen LogP) is 0.00930. The maximum Gasteiger partial charge on any atom is 0.230 e. The van der Waals surface area contributed by atoms with Gasteiger partial charge in [0.2, 0.25) is 11.9 Å². The summed E-state index contributed by atoms with van der Waals surface area (Å²) in [7, 11) is 0. The summed E-state index contributed by atoms with van der Waals surface area (Å²) in [6.45, 7) is 11.0. The first kappa shape index (κ1) is 18.8. The Morgan fingerprint density at radius 1 is 1.26 bits per heavy atom. The van der Waals surface area contributed by atoms with Gasteiger partial charge in [-0.2, -0.15) is 4.98 Å². The van der Waals surface area contributed by atoms with Crippen molar-refractivity contribution in [2.75, 3.05) is 62.7 Å². The van der Waals surface area contributed by atoms with Crippen LogP contribution in [0, 0.1) is 0 Å². The maximum absolute atomic E-state index is 6.39. The number of rotatable bonds is 4. The van der Waals surface area contributed by atoms with Crippen LogP contribution in [-0.2, 0) is 9.47 Å². The first-order valence-electron chi connectivity index (χ1n) is 9.93. The van der Waals surface area contributed by atoms with Crippen LogP contribution in [0.25, 0.3) is 0 Å². The number of hydrogen-bond donors (Lipinski definition) is 3. The molecule has 0 saturated carbocycles. The molecule has 150 valence electrons. The number of ether oxygens (including phenoxy) is 2. The summed E-state index contributed by atoms with van der Waals surface area (Å²) in [6, 6.07) is 0. The second-order valence-electron chi connectivity index (χ2n) is 8.41. The van der Waals surface area contributed by atoms with Crippen LogP contribution < -0.4 is 20.9 Å². The molecule has 3 aliphatic rings. The lowest BCUT2D eigenvalue weighted by molar-refractivity contribution is -0.203. The van der Waals surface area contributed by atoms with E-state index in [1.807, 2.05) is 0 Å². The Bertz CT molecular complexity index is 630. The molecule has 27 heavy (non-hydrogen) atoms. The highest BCUT2D eigenvalue weighted by Gasteiger charge is 2.39. The van der Waals surface area contributed by atoms with Gasteiger partial charge >= 0.3 is 0 Å². The van der Waals surface area contributed by atoms with Crippen molar-refractivity contribution >= 4 is 11.9 Å². The zero-order chi connectivity index (χ0) is 18.7. The van der Waals surface area contributed by atoms with E-state index in [0.717, 1.165) is 51.5 Å². The van der Waals surface area contributed by atoms with Crippen molar-refractivity contribution in [2.45, 2.75) is 43.9 Å².